The standard InChI is InChI=1S/C42H58N2O4/c1-9-13-15-32(11-3)27-47-36-21-23-38(40(45)25-36)31(8)44-42(43-30(7)35-19-17-34(18-20-35)29(5)6)39-24-22-37(26-41(39)46)48-28-33(12-4)16-14-10-2/h17-26,29,32-33,45-46H,8-16,27-28H2,1-7H3. The van der Waals surface area contributed by atoms with Crippen molar-refractivity contribution in [2.75, 3.05) is 13.2 Å². The first-order valence-electron chi connectivity index (χ1n) is 17.9. The first kappa shape index (κ1) is 38.4. The number of phenolic OH excluding ortho intramolecular Hbond substituents is 2. The summed E-state index contributed by atoms with van der Waals surface area (Å²) in [6.07, 6.45) is 9.05. The second-order valence-electron chi connectivity index (χ2n) is 13.2. The molecule has 0 fully saturated rings. The average molecular weight is 655 g/mol. The molecule has 0 radical (unpaired) electrons. The van der Waals surface area contributed by atoms with Crippen molar-refractivity contribution in [2.45, 2.75) is 106 Å². The fourth-order valence-corrected chi connectivity index (χ4v) is 5.53. The van der Waals surface area contributed by atoms with Crippen molar-refractivity contribution in [3.05, 3.63) is 89.5 Å². The maximum absolute atomic E-state index is 11.2. The van der Waals surface area contributed by atoms with Crippen molar-refractivity contribution in [1.29, 1.82) is 0 Å². The number of aliphatic imine (C=N–C) groups is 2. The van der Waals surface area contributed by atoms with E-state index in [0.717, 1.165) is 43.4 Å². The maximum atomic E-state index is 11.2. The molecule has 0 aliphatic rings. The van der Waals surface area contributed by atoms with E-state index < -0.39 is 0 Å². The van der Waals surface area contributed by atoms with Crippen molar-refractivity contribution in [3.63, 3.8) is 0 Å². The van der Waals surface area contributed by atoms with E-state index in [1.165, 1.54) is 24.8 Å². The molecule has 0 aromatic heterocycles. The zero-order valence-corrected chi connectivity index (χ0v) is 30.4. The van der Waals surface area contributed by atoms with Crippen LogP contribution in [0.5, 0.6) is 23.0 Å². The van der Waals surface area contributed by atoms with Gasteiger partial charge in [-0.1, -0.05) is 111 Å². The molecule has 0 bridgehead atoms. The minimum absolute atomic E-state index is 0.00823. The average Bonchev–Trinajstić information content (AvgIpc) is 3.08. The number of aromatic hydroxyl groups is 2. The lowest BCUT2D eigenvalue weighted by molar-refractivity contribution is 0.232. The molecule has 0 heterocycles. The van der Waals surface area contributed by atoms with E-state index >= 15 is 0 Å². The quantitative estimate of drug-likeness (QED) is 0.0995. The van der Waals surface area contributed by atoms with Gasteiger partial charge >= 0.3 is 0 Å². The fraction of sp³-hybridized carbons (Fsp3) is 0.476. The first-order valence-corrected chi connectivity index (χ1v) is 17.9. The minimum Gasteiger partial charge on any atom is -0.507 e. The van der Waals surface area contributed by atoms with Gasteiger partial charge in [0, 0.05) is 23.4 Å². The summed E-state index contributed by atoms with van der Waals surface area (Å²) in [6.45, 7) is 20.4. The third-order valence-electron chi connectivity index (χ3n) is 9.06. The number of hydrogen-bond donors (Lipinski definition) is 2. The summed E-state index contributed by atoms with van der Waals surface area (Å²) in [5.74, 6) is 2.90. The molecule has 260 valence electrons. The number of hydrogen-bond acceptors (Lipinski definition) is 5. The lowest BCUT2D eigenvalue weighted by atomic mass is 10.0. The van der Waals surface area contributed by atoms with Crippen LogP contribution in [0.3, 0.4) is 0 Å². The third-order valence-corrected chi connectivity index (χ3v) is 9.06. The predicted octanol–water partition coefficient (Wildman–Crippen LogP) is 11.3. The van der Waals surface area contributed by atoms with Crippen LogP contribution in [0, 0.1) is 11.8 Å². The summed E-state index contributed by atoms with van der Waals surface area (Å²) in [4.78, 5) is 9.68. The normalized spacial score (nSPS) is 13.4. The van der Waals surface area contributed by atoms with Crippen molar-refractivity contribution in [2.24, 2.45) is 21.8 Å². The summed E-state index contributed by atoms with van der Waals surface area (Å²) in [5, 5.41) is 22.2. The van der Waals surface area contributed by atoms with Crippen LogP contribution < -0.4 is 9.47 Å². The highest BCUT2D eigenvalue weighted by molar-refractivity contribution is 6.13. The van der Waals surface area contributed by atoms with Gasteiger partial charge in [-0.2, -0.15) is 0 Å². The van der Waals surface area contributed by atoms with Gasteiger partial charge in [-0.15, -0.1) is 0 Å². The van der Waals surface area contributed by atoms with E-state index in [1.54, 1.807) is 24.3 Å². The van der Waals surface area contributed by atoms with Crippen molar-refractivity contribution >= 4 is 17.2 Å². The van der Waals surface area contributed by atoms with Crippen molar-refractivity contribution in [1.82, 2.24) is 0 Å². The summed E-state index contributed by atoms with van der Waals surface area (Å²) in [5.41, 5.74) is 4.15. The van der Waals surface area contributed by atoms with Gasteiger partial charge in [0.2, 0.25) is 0 Å². The molecule has 2 atom stereocenters. The highest BCUT2D eigenvalue weighted by Gasteiger charge is 2.16. The summed E-state index contributed by atoms with van der Waals surface area (Å²) in [7, 11) is 0. The number of ether oxygens (including phenoxy) is 2. The SMILES string of the molecule is C=C(N=C(N=C(C)c1ccc(C(C)C)cc1)c1ccc(OCC(CC)CCCC)cc1O)c1ccc(OCC(CC)CCCC)cc1O. The Balaban J connectivity index is 1.93. The minimum atomic E-state index is 0.00823. The van der Waals surface area contributed by atoms with E-state index in [-0.39, 0.29) is 17.3 Å². The molecule has 3 aromatic carbocycles. The van der Waals surface area contributed by atoms with Crippen LogP contribution in [0.15, 0.2) is 77.2 Å². The van der Waals surface area contributed by atoms with Crippen LogP contribution >= 0.6 is 0 Å². The van der Waals surface area contributed by atoms with Gasteiger partial charge in [0.05, 0.1) is 24.5 Å². The van der Waals surface area contributed by atoms with Crippen molar-refractivity contribution in [3.8, 4) is 23.0 Å². The molecule has 0 amide bonds. The van der Waals surface area contributed by atoms with E-state index in [1.807, 2.05) is 19.1 Å². The highest BCUT2D eigenvalue weighted by Crippen LogP contribution is 2.32. The van der Waals surface area contributed by atoms with Crippen molar-refractivity contribution < 1.29 is 19.7 Å². The second-order valence-corrected chi connectivity index (χ2v) is 13.2. The van der Waals surface area contributed by atoms with Crippen LogP contribution in [-0.2, 0) is 0 Å². The molecule has 0 saturated carbocycles. The van der Waals surface area contributed by atoms with Gasteiger partial charge in [0.1, 0.15) is 23.0 Å². The molecule has 0 aliphatic carbocycles. The van der Waals surface area contributed by atoms with Crippen LogP contribution in [0.2, 0.25) is 0 Å². The monoisotopic (exact) mass is 654 g/mol. The Morgan fingerprint density at radius 2 is 1.21 bits per heavy atom. The Labute approximate surface area is 289 Å². The summed E-state index contributed by atoms with van der Waals surface area (Å²) >= 11 is 0. The van der Waals surface area contributed by atoms with Gasteiger partial charge in [-0.3, -0.25) is 0 Å². The van der Waals surface area contributed by atoms with Gasteiger partial charge in [0.15, 0.2) is 5.84 Å². The lowest BCUT2D eigenvalue weighted by Crippen LogP contribution is -2.11. The molecular weight excluding hydrogens is 596 g/mol. The molecular formula is C42H58N2O4. The molecule has 6 nitrogen and oxygen atoms in total. The van der Waals surface area contributed by atoms with Crippen LogP contribution in [0.4, 0.5) is 0 Å². The Hall–Kier alpha value is -4.06. The molecule has 0 spiro atoms. The van der Waals surface area contributed by atoms with E-state index in [4.69, 9.17) is 19.5 Å². The number of unbranched alkanes of at least 4 members (excludes halogenated alkanes) is 2. The Morgan fingerprint density at radius 3 is 1.65 bits per heavy atom. The predicted molar refractivity (Wildman–Crippen MR) is 202 cm³/mol. The topological polar surface area (TPSA) is 83.6 Å². The molecule has 0 aliphatic heterocycles. The van der Waals surface area contributed by atoms with E-state index in [2.05, 4.69) is 72.4 Å². The molecule has 3 aromatic rings. The molecule has 6 heteroatoms. The molecule has 48 heavy (non-hydrogen) atoms. The Morgan fingerprint density at radius 1 is 0.708 bits per heavy atom. The lowest BCUT2D eigenvalue weighted by Gasteiger charge is -2.17. The smallest absolute Gasteiger partial charge is 0.163 e. The summed E-state index contributed by atoms with van der Waals surface area (Å²) in [6, 6.07) is 18.8. The van der Waals surface area contributed by atoms with E-state index in [9.17, 15) is 10.2 Å². The number of benzene rings is 3. The largest absolute Gasteiger partial charge is 0.507 e. The van der Waals surface area contributed by atoms with Gasteiger partial charge in [-0.05, 0) is 72.9 Å². The Bertz CT molecular complexity index is 1510. The Kier molecular flexibility index (Phi) is 15.7. The number of rotatable bonds is 19. The van der Waals surface area contributed by atoms with Gasteiger partial charge in [0.25, 0.3) is 0 Å². The summed E-state index contributed by atoms with van der Waals surface area (Å²) < 4.78 is 12.1. The molecule has 0 saturated heterocycles. The molecule has 2 N–H and O–H groups in total. The molecule has 3 rings (SSSR count). The zero-order valence-electron chi connectivity index (χ0n) is 30.4. The first-order chi connectivity index (χ1) is 23.1. The fourth-order valence-electron chi connectivity index (χ4n) is 5.53. The highest BCUT2D eigenvalue weighted by atomic mass is 16.5. The number of amidine groups is 1. The van der Waals surface area contributed by atoms with Crippen LogP contribution in [-0.4, -0.2) is 35.0 Å². The van der Waals surface area contributed by atoms with Crippen LogP contribution in [0.1, 0.15) is 128 Å². The number of nitrogens with zero attached hydrogens (tertiary/aromatic N) is 2. The van der Waals surface area contributed by atoms with Gasteiger partial charge in [-0.25, -0.2) is 9.98 Å². The van der Waals surface area contributed by atoms with Gasteiger partial charge < -0.3 is 19.7 Å². The van der Waals surface area contributed by atoms with E-state index in [0.29, 0.717) is 59.3 Å². The maximum Gasteiger partial charge on any atom is 0.163 e. The van der Waals surface area contributed by atoms with Crippen LogP contribution in [0.25, 0.3) is 5.70 Å². The zero-order chi connectivity index (χ0) is 35.1. The molecule has 2 unspecified atom stereocenters. The third kappa shape index (κ3) is 11.6. The number of phenols is 2. The second kappa shape index (κ2) is 19.7.